The first-order valence-electron chi connectivity index (χ1n) is 10.7. The van der Waals surface area contributed by atoms with Crippen LogP contribution in [0.1, 0.15) is 35.4 Å². The number of allylic oxidation sites excluding steroid dienone is 1. The summed E-state index contributed by atoms with van der Waals surface area (Å²) in [4.78, 5) is 7.51. The van der Waals surface area contributed by atoms with Gasteiger partial charge < -0.3 is 10.1 Å². The average Bonchev–Trinajstić information content (AvgIpc) is 3.36. The van der Waals surface area contributed by atoms with Crippen molar-refractivity contribution < 1.29 is 5.11 Å². The zero-order chi connectivity index (χ0) is 20.7. The molecule has 1 unspecified atom stereocenters. The molecule has 4 aromatic rings. The minimum Gasteiger partial charge on any atom is -0.396 e. The second-order valence-corrected chi connectivity index (χ2v) is 9.59. The third-order valence-corrected chi connectivity index (χ3v) is 8.04. The molecule has 0 spiro atoms. The molecule has 30 heavy (non-hydrogen) atoms. The molecule has 2 aromatic carbocycles. The summed E-state index contributed by atoms with van der Waals surface area (Å²) < 4.78 is 1.37. The lowest BCUT2D eigenvalue weighted by atomic mass is 9.79. The van der Waals surface area contributed by atoms with Gasteiger partial charge in [0.25, 0.3) is 0 Å². The van der Waals surface area contributed by atoms with Crippen molar-refractivity contribution in [3.8, 4) is 0 Å². The third-order valence-electron chi connectivity index (χ3n) is 6.73. The molecule has 154 valence electrons. The first-order chi connectivity index (χ1) is 14.6. The van der Waals surface area contributed by atoms with Crippen molar-refractivity contribution >= 4 is 37.9 Å². The molecule has 0 saturated carbocycles. The van der Waals surface area contributed by atoms with Gasteiger partial charge in [0.1, 0.15) is 0 Å². The van der Waals surface area contributed by atoms with E-state index in [-0.39, 0.29) is 12.1 Å². The summed E-state index contributed by atoms with van der Waals surface area (Å²) in [5.74, 6) is 0. The van der Waals surface area contributed by atoms with Crippen LogP contribution in [0, 0.1) is 0 Å². The van der Waals surface area contributed by atoms with Gasteiger partial charge in [-0.1, -0.05) is 42.5 Å². The van der Waals surface area contributed by atoms with E-state index in [1.165, 1.54) is 37.2 Å². The maximum Gasteiger partial charge on any atom is 0.0587 e. The Labute approximate surface area is 181 Å². The molecule has 0 bridgehead atoms. The van der Waals surface area contributed by atoms with Crippen molar-refractivity contribution in [2.45, 2.75) is 31.2 Å². The standard InChI is InChI=1S/C26H28N2OS/c1-28(2)26(24-17-19-7-3-6-10-23(19)30-24)14-11-18(12-15-26)25-21(13-16-29)20-8-4-5-9-22(20)27-25/h3-11,17,27,29H,12-16H2,1-2H3. The number of aromatic amines is 1. The minimum atomic E-state index is 0.0380. The molecule has 4 heteroatoms. The van der Waals surface area contributed by atoms with Crippen LogP contribution < -0.4 is 0 Å². The maximum atomic E-state index is 9.66. The summed E-state index contributed by atoms with van der Waals surface area (Å²) in [6, 6.07) is 19.5. The highest BCUT2D eigenvalue weighted by atomic mass is 32.1. The van der Waals surface area contributed by atoms with Crippen LogP contribution in [-0.2, 0) is 12.0 Å². The van der Waals surface area contributed by atoms with E-state index < -0.39 is 0 Å². The van der Waals surface area contributed by atoms with Crippen molar-refractivity contribution in [1.29, 1.82) is 0 Å². The first-order valence-corrected chi connectivity index (χ1v) is 11.5. The van der Waals surface area contributed by atoms with Crippen molar-refractivity contribution in [3.05, 3.63) is 76.8 Å². The van der Waals surface area contributed by atoms with Crippen LogP contribution >= 0.6 is 11.3 Å². The van der Waals surface area contributed by atoms with Crippen LogP contribution in [0.5, 0.6) is 0 Å². The van der Waals surface area contributed by atoms with Gasteiger partial charge in [-0.05, 0) is 74.5 Å². The number of aliphatic hydroxyl groups excluding tert-OH is 1. The number of nitrogens with one attached hydrogen (secondary N) is 1. The van der Waals surface area contributed by atoms with E-state index in [1.54, 1.807) is 0 Å². The van der Waals surface area contributed by atoms with Gasteiger partial charge in [0.2, 0.25) is 0 Å². The number of fused-ring (bicyclic) bond motifs is 2. The number of benzene rings is 2. The topological polar surface area (TPSA) is 39.3 Å². The Morgan fingerprint density at radius 2 is 1.90 bits per heavy atom. The zero-order valence-corrected chi connectivity index (χ0v) is 18.4. The van der Waals surface area contributed by atoms with Crippen molar-refractivity contribution in [2.75, 3.05) is 20.7 Å². The van der Waals surface area contributed by atoms with Gasteiger partial charge in [0.05, 0.1) is 5.54 Å². The van der Waals surface area contributed by atoms with Gasteiger partial charge in [0.15, 0.2) is 0 Å². The van der Waals surface area contributed by atoms with Crippen LogP contribution in [0.4, 0.5) is 0 Å². The van der Waals surface area contributed by atoms with E-state index >= 15 is 0 Å². The predicted octanol–water partition coefficient (Wildman–Crippen LogP) is 5.94. The molecule has 2 N–H and O–H groups in total. The lowest BCUT2D eigenvalue weighted by Crippen LogP contribution is -2.41. The number of aliphatic hydroxyl groups is 1. The molecule has 5 rings (SSSR count). The highest BCUT2D eigenvalue weighted by molar-refractivity contribution is 7.19. The fourth-order valence-electron chi connectivity index (χ4n) is 4.97. The highest BCUT2D eigenvalue weighted by Crippen LogP contribution is 2.47. The molecule has 0 radical (unpaired) electrons. The van der Waals surface area contributed by atoms with Crippen LogP contribution in [0.15, 0.2) is 60.7 Å². The summed E-state index contributed by atoms with van der Waals surface area (Å²) in [5, 5.41) is 12.2. The summed E-state index contributed by atoms with van der Waals surface area (Å²) >= 11 is 1.93. The minimum absolute atomic E-state index is 0.0380. The number of thiophene rings is 1. The number of aromatic nitrogens is 1. The second kappa shape index (κ2) is 7.69. The summed E-state index contributed by atoms with van der Waals surface area (Å²) in [5.41, 5.74) is 5.04. The highest BCUT2D eigenvalue weighted by Gasteiger charge is 2.38. The molecule has 2 aromatic heterocycles. The van der Waals surface area contributed by atoms with Gasteiger partial charge in [-0.3, -0.25) is 4.90 Å². The van der Waals surface area contributed by atoms with Crippen molar-refractivity contribution in [3.63, 3.8) is 0 Å². The Bertz CT molecular complexity index is 1200. The average molecular weight is 417 g/mol. The van der Waals surface area contributed by atoms with E-state index in [2.05, 4.69) is 84.7 Å². The molecule has 0 amide bonds. The lowest BCUT2D eigenvalue weighted by Gasteiger charge is -2.41. The summed E-state index contributed by atoms with van der Waals surface area (Å²) in [7, 11) is 4.42. The third kappa shape index (κ3) is 3.11. The van der Waals surface area contributed by atoms with E-state index in [1.807, 2.05) is 11.3 Å². The number of H-pyrrole nitrogens is 1. The van der Waals surface area contributed by atoms with Crippen molar-refractivity contribution in [1.82, 2.24) is 9.88 Å². The molecule has 0 saturated heterocycles. The smallest absolute Gasteiger partial charge is 0.0587 e. The summed E-state index contributed by atoms with van der Waals surface area (Å²) in [6.07, 6.45) is 6.23. The Morgan fingerprint density at radius 3 is 2.63 bits per heavy atom. The fraction of sp³-hybridized carbons (Fsp3) is 0.308. The van der Waals surface area contributed by atoms with Gasteiger partial charge in [-0.2, -0.15) is 0 Å². The Morgan fingerprint density at radius 1 is 1.10 bits per heavy atom. The Hall–Kier alpha value is -2.40. The molecule has 1 aliphatic carbocycles. The fourth-order valence-corrected chi connectivity index (χ4v) is 6.34. The zero-order valence-electron chi connectivity index (χ0n) is 17.6. The van der Waals surface area contributed by atoms with E-state index in [4.69, 9.17) is 0 Å². The monoisotopic (exact) mass is 416 g/mol. The Balaban J connectivity index is 1.55. The SMILES string of the molecule is CN(C)C1(c2cc3ccccc3s2)CC=C(c2[nH]c3ccccc3c2CCO)CC1. The summed E-state index contributed by atoms with van der Waals surface area (Å²) in [6.45, 7) is 0.172. The van der Waals surface area contributed by atoms with Crippen LogP contribution in [0.2, 0.25) is 0 Å². The maximum absolute atomic E-state index is 9.66. The lowest BCUT2D eigenvalue weighted by molar-refractivity contribution is 0.143. The molecule has 2 heterocycles. The van der Waals surface area contributed by atoms with E-state index in [0.29, 0.717) is 6.42 Å². The van der Waals surface area contributed by atoms with Crippen molar-refractivity contribution in [2.24, 2.45) is 0 Å². The molecule has 3 nitrogen and oxygen atoms in total. The number of rotatable bonds is 5. The quantitative estimate of drug-likeness (QED) is 0.422. The molecule has 0 fully saturated rings. The molecule has 0 aliphatic heterocycles. The van der Waals surface area contributed by atoms with Crippen LogP contribution in [-0.4, -0.2) is 35.7 Å². The van der Waals surface area contributed by atoms with Gasteiger partial charge in [0, 0.05) is 32.8 Å². The molecular weight excluding hydrogens is 388 g/mol. The van der Waals surface area contributed by atoms with E-state index in [9.17, 15) is 5.11 Å². The normalized spacial score (nSPS) is 19.7. The second-order valence-electron chi connectivity index (χ2n) is 8.51. The van der Waals surface area contributed by atoms with E-state index in [0.717, 1.165) is 24.8 Å². The predicted molar refractivity (Wildman–Crippen MR) is 128 cm³/mol. The molecule has 1 aliphatic rings. The van der Waals surface area contributed by atoms with Crippen LogP contribution in [0.3, 0.4) is 0 Å². The number of para-hydroxylation sites is 1. The molecule has 1 atom stereocenters. The van der Waals surface area contributed by atoms with Gasteiger partial charge in [-0.25, -0.2) is 0 Å². The number of hydrogen-bond donors (Lipinski definition) is 2. The molecular formula is C26H28N2OS. The van der Waals surface area contributed by atoms with Crippen LogP contribution in [0.25, 0.3) is 26.6 Å². The number of nitrogens with zero attached hydrogens (tertiary/aromatic N) is 1. The number of hydrogen-bond acceptors (Lipinski definition) is 3. The van der Waals surface area contributed by atoms with Gasteiger partial charge in [-0.15, -0.1) is 11.3 Å². The first kappa shape index (κ1) is 19.6. The van der Waals surface area contributed by atoms with Gasteiger partial charge >= 0.3 is 0 Å². The Kier molecular flexibility index (Phi) is 5.02. The largest absolute Gasteiger partial charge is 0.396 e.